The van der Waals surface area contributed by atoms with Crippen molar-refractivity contribution in [3.05, 3.63) is 28.7 Å². The van der Waals surface area contributed by atoms with E-state index in [-0.39, 0.29) is 34.3 Å². The highest BCUT2D eigenvalue weighted by Gasteiger charge is 2.52. The van der Waals surface area contributed by atoms with Gasteiger partial charge in [-0.3, -0.25) is 23.4 Å². The van der Waals surface area contributed by atoms with Crippen LogP contribution in [0.3, 0.4) is 0 Å². The van der Waals surface area contributed by atoms with E-state index in [2.05, 4.69) is 35.1 Å². The molecule has 0 bridgehead atoms. The number of phosphoric acid groups is 1. The van der Waals surface area contributed by atoms with Crippen LogP contribution in [0.2, 0.25) is 0 Å². The van der Waals surface area contributed by atoms with Crippen LogP contribution in [0.15, 0.2) is 27.7 Å². The van der Waals surface area contributed by atoms with Crippen LogP contribution in [0.4, 0.5) is 17.5 Å². The first-order valence-corrected chi connectivity index (χ1v) is 13.8. The van der Waals surface area contributed by atoms with Gasteiger partial charge < -0.3 is 46.3 Å². The SMILES string of the molecule is Nc1nc2c(ncn2[C@@H]2O[C@H](CO)[C@@H](O)[C@H]2OP(=O)(O)OC[C@H]2O[C@@H](C3N=Nc4c(N)ncnc43)[C@H](O)[C@@H]2O)c(=O)[nH]1. The zero-order valence-corrected chi connectivity index (χ0v) is 22.1. The molecule has 10 N–H and O–H groups in total. The molecule has 21 nitrogen and oxygen atoms in total. The average Bonchev–Trinajstić information content (AvgIpc) is 3.69. The Morgan fingerprint density at radius 1 is 1.10 bits per heavy atom. The molecule has 0 spiro atoms. The van der Waals surface area contributed by atoms with Crippen molar-refractivity contribution in [2.75, 3.05) is 24.7 Å². The summed E-state index contributed by atoms with van der Waals surface area (Å²) >= 11 is 0. The van der Waals surface area contributed by atoms with Gasteiger partial charge in [-0.2, -0.15) is 10.1 Å². The van der Waals surface area contributed by atoms with E-state index in [0.717, 1.165) is 10.9 Å². The molecule has 2 fully saturated rings. The molecule has 0 amide bonds. The Morgan fingerprint density at radius 2 is 1.88 bits per heavy atom. The van der Waals surface area contributed by atoms with E-state index in [1.165, 1.54) is 6.33 Å². The highest BCUT2D eigenvalue weighted by Crippen LogP contribution is 2.50. The smallest absolute Gasteiger partial charge is 0.394 e. The van der Waals surface area contributed by atoms with Gasteiger partial charge in [0.1, 0.15) is 60.8 Å². The molecule has 42 heavy (non-hydrogen) atoms. The number of hydrogen-bond acceptors (Lipinski definition) is 18. The Morgan fingerprint density at radius 3 is 2.64 bits per heavy atom. The summed E-state index contributed by atoms with van der Waals surface area (Å²) in [6.45, 7) is -1.44. The zero-order chi connectivity index (χ0) is 29.9. The molecule has 2 unspecified atom stereocenters. The Bertz CT molecular complexity index is 1640. The molecular formula is C20H25N10O11P. The predicted octanol–water partition coefficient (Wildman–Crippen LogP) is -2.85. The maximum absolute atomic E-state index is 13.0. The lowest BCUT2D eigenvalue weighted by atomic mass is 10.00. The number of fused-ring (bicyclic) bond motifs is 2. The van der Waals surface area contributed by atoms with E-state index in [9.17, 15) is 34.7 Å². The molecule has 10 atom stereocenters. The lowest BCUT2D eigenvalue weighted by Gasteiger charge is -2.25. The van der Waals surface area contributed by atoms with E-state index in [0.29, 0.717) is 0 Å². The van der Waals surface area contributed by atoms with Gasteiger partial charge in [0.2, 0.25) is 5.95 Å². The normalized spacial score (nSPS) is 33.8. The maximum atomic E-state index is 13.0. The monoisotopic (exact) mass is 612 g/mol. The van der Waals surface area contributed by atoms with Crippen molar-refractivity contribution < 1.29 is 48.4 Å². The van der Waals surface area contributed by atoms with Crippen molar-refractivity contribution >= 4 is 36.4 Å². The van der Waals surface area contributed by atoms with Gasteiger partial charge in [-0.1, -0.05) is 0 Å². The van der Waals surface area contributed by atoms with E-state index >= 15 is 0 Å². The number of nitrogens with one attached hydrogen (secondary N) is 1. The predicted molar refractivity (Wildman–Crippen MR) is 135 cm³/mol. The number of phosphoric ester groups is 1. The number of aliphatic hydroxyl groups excluding tert-OH is 4. The summed E-state index contributed by atoms with van der Waals surface area (Å²) < 4.78 is 35.7. The van der Waals surface area contributed by atoms with Gasteiger partial charge in [-0.05, 0) is 0 Å². The largest absolute Gasteiger partial charge is 0.472 e. The van der Waals surface area contributed by atoms with Crippen molar-refractivity contribution in [1.82, 2.24) is 29.5 Å². The number of nitrogens with zero attached hydrogens (tertiary/aromatic N) is 7. The molecule has 22 heteroatoms. The Hall–Kier alpha value is -3.50. The van der Waals surface area contributed by atoms with Crippen LogP contribution in [-0.2, 0) is 23.1 Å². The van der Waals surface area contributed by atoms with Crippen LogP contribution in [0.1, 0.15) is 18.0 Å². The highest BCUT2D eigenvalue weighted by molar-refractivity contribution is 7.47. The summed E-state index contributed by atoms with van der Waals surface area (Å²) in [7, 11) is -5.06. The lowest BCUT2D eigenvalue weighted by Crippen LogP contribution is -2.36. The third-order valence-corrected chi connectivity index (χ3v) is 8.01. The van der Waals surface area contributed by atoms with Crippen molar-refractivity contribution in [1.29, 1.82) is 0 Å². The fraction of sp³-hybridized carbons (Fsp3) is 0.550. The second kappa shape index (κ2) is 10.6. The molecule has 3 aliphatic heterocycles. The van der Waals surface area contributed by atoms with Crippen LogP contribution in [0.5, 0.6) is 0 Å². The number of aliphatic hydroxyl groups is 4. The summed E-state index contributed by atoms with van der Waals surface area (Å²) in [5, 5.41) is 49.4. The minimum atomic E-state index is -5.06. The number of aromatic nitrogens is 6. The number of rotatable bonds is 8. The fourth-order valence-corrected chi connectivity index (χ4v) is 5.92. The van der Waals surface area contributed by atoms with Crippen LogP contribution in [0.25, 0.3) is 11.2 Å². The highest BCUT2D eigenvalue weighted by atomic mass is 31.2. The second-order valence-electron chi connectivity index (χ2n) is 9.62. The number of H-pyrrole nitrogens is 1. The molecule has 0 radical (unpaired) electrons. The van der Waals surface area contributed by atoms with Crippen molar-refractivity contribution in [2.45, 2.75) is 55.0 Å². The van der Waals surface area contributed by atoms with Gasteiger partial charge in [0.25, 0.3) is 5.56 Å². The van der Waals surface area contributed by atoms with Crippen LogP contribution in [-0.4, -0.2) is 111 Å². The van der Waals surface area contributed by atoms with E-state index in [4.69, 9.17) is 30.0 Å². The number of ether oxygens (including phenoxy) is 2. The summed E-state index contributed by atoms with van der Waals surface area (Å²) in [5.41, 5.74) is 11.0. The Balaban J connectivity index is 1.17. The standard InChI is InChI=1S/C20H25N10O11P/c21-16-9-7(23-3-24-16)8(28-29-9)14-13(34)11(32)6(39-14)2-38-42(36,37)41-15-12(33)5(1-31)40-19(15)30-4-25-10-17(30)26-20(22)27-18(10)35/h3-6,8,11-15,19,31-34H,1-2H2,(H,36,37)(H2,21,23,24)(H3,22,26,27,35)/t5-,6-,8?,11-,12-,13-,14+,15-,19-/m1/s1. The first kappa shape index (κ1) is 28.6. The molecule has 3 aromatic rings. The molecule has 0 aliphatic carbocycles. The Kier molecular flexibility index (Phi) is 7.25. The van der Waals surface area contributed by atoms with Crippen LogP contribution in [0, 0.1) is 0 Å². The van der Waals surface area contributed by atoms with Crippen molar-refractivity contribution in [2.24, 2.45) is 10.2 Å². The van der Waals surface area contributed by atoms with E-state index in [1.54, 1.807) is 0 Å². The van der Waals surface area contributed by atoms with Crippen molar-refractivity contribution in [3.8, 4) is 0 Å². The molecule has 2 saturated heterocycles. The summed E-state index contributed by atoms with van der Waals surface area (Å²) in [4.78, 5) is 40.8. The van der Waals surface area contributed by atoms with E-state index < -0.39 is 81.6 Å². The first-order chi connectivity index (χ1) is 20.0. The zero-order valence-electron chi connectivity index (χ0n) is 21.2. The minimum absolute atomic E-state index is 0.0621. The molecule has 0 saturated carbocycles. The van der Waals surface area contributed by atoms with Gasteiger partial charge in [-0.15, -0.1) is 5.11 Å². The van der Waals surface area contributed by atoms with Gasteiger partial charge in [0.05, 0.1) is 19.5 Å². The average molecular weight is 612 g/mol. The van der Waals surface area contributed by atoms with E-state index in [1.807, 2.05) is 0 Å². The van der Waals surface area contributed by atoms with Crippen LogP contribution >= 0.6 is 7.82 Å². The second-order valence-corrected chi connectivity index (χ2v) is 11.0. The number of anilines is 2. The summed E-state index contributed by atoms with van der Waals surface area (Å²) in [5.74, 6) is -0.193. The fourth-order valence-electron chi connectivity index (χ4n) is 4.99. The van der Waals surface area contributed by atoms with Gasteiger partial charge >= 0.3 is 7.82 Å². The van der Waals surface area contributed by atoms with Gasteiger partial charge in [0.15, 0.2) is 28.9 Å². The van der Waals surface area contributed by atoms with Crippen LogP contribution < -0.4 is 17.0 Å². The maximum Gasteiger partial charge on any atom is 0.472 e. The summed E-state index contributed by atoms with van der Waals surface area (Å²) in [6.07, 6.45) is -9.26. The topological polar surface area (TPSA) is 321 Å². The number of hydrogen-bond donors (Lipinski definition) is 8. The molecule has 3 aromatic heterocycles. The molecule has 226 valence electrons. The lowest BCUT2D eigenvalue weighted by molar-refractivity contribution is -0.0557. The minimum Gasteiger partial charge on any atom is -0.394 e. The number of nitrogen functional groups attached to an aromatic ring is 2. The molecule has 0 aromatic carbocycles. The number of aromatic amines is 1. The Labute approximate surface area is 233 Å². The van der Waals surface area contributed by atoms with Gasteiger partial charge in [0, 0.05) is 0 Å². The summed E-state index contributed by atoms with van der Waals surface area (Å²) in [6, 6.07) is -0.945. The number of azo groups is 1. The molecule has 3 aliphatic rings. The third-order valence-electron chi connectivity index (χ3n) is 7.03. The van der Waals surface area contributed by atoms with Crippen molar-refractivity contribution in [3.63, 3.8) is 0 Å². The number of imidazole rings is 1. The molecule has 6 heterocycles. The van der Waals surface area contributed by atoms with Gasteiger partial charge in [-0.25, -0.2) is 19.5 Å². The number of nitrogens with two attached hydrogens (primary N) is 2. The molecule has 6 rings (SSSR count). The first-order valence-electron chi connectivity index (χ1n) is 12.3. The molecular weight excluding hydrogens is 587 g/mol. The third kappa shape index (κ3) is 4.84. The quantitative estimate of drug-likeness (QED) is 0.119.